The van der Waals surface area contributed by atoms with Crippen LogP contribution in [0.1, 0.15) is 10.4 Å². The van der Waals surface area contributed by atoms with Gasteiger partial charge < -0.3 is 25.8 Å². The zero-order valence-electron chi connectivity index (χ0n) is 17.6. The molecule has 0 aliphatic heterocycles. The van der Waals surface area contributed by atoms with E-state index in [0.29, 0.717) is 22.2 Å². The van der Waals surface area contributed by atoms with Gasteiger partial charge in [0.25, 0.3) is 11.5 Å². The maximum Gasteiger partial charge on any atom is 0.277 e. The number of anilines is 3. The number of thioether (sulfide) groups is 1. The van der Waals surface area contributed by atoms with Crippen molar-refractivity contribution in [1.82, 2.24) is 9.97 Å². The molecule has 10 nitrogen and oxygen atoms in total. The number of amides is 2. The quantitative estimate of drug-likeness (QED) is 0.279. The second-order valence-electron chi connectivity index (χ2n) is 6.50. The van der Waals surface area contributed by atoms with Gasteiger partial charge in [-0.15, -0.1) is 0 Å². The molecule has 0 bridgehead atoms. The first-order valence-corrected chi connectivity index (χ1v) is 10.8. The number of hydrogen-bond donors (Lipinski definition) is 4. The summed E-state index contributed by atoms with van der Waals surface area (Å²) in [6, 6.07) is 11.2. The van der Waals surface area contributed by atoms with Crippen molar-refractivity contribution in [2.24, 2.45) is 0 Å². The Balaban J connectivity index is 1.67. The summed E-state index contributed by atoms with van der Waals surface area (Å²) in [6.45, 7) is 0. The van der Waals surface area contributed by atoms with Crippen LogP contribution in [0.15, 0.2) is 52.4 Å². The molecule has 3 aromatic rings. The van der Waals surface area contributed by atoms with Crippen molar-refractivity contribution in [3.05, 3.63) is 63.4 Å². The topological polar surface area (TPSA) is 148 Å². The van der Waals surface area contributed by atoms with Crippen LogP contribution in [0.25, 0.3) is 0 Å². The minimum atomic E-state index is -0.658. The number of carbonyl (C=O) groups excluding carboxylic acids is 2. The molecule has 1 heterocycles. The summed E-state index contributed by atoms with van der Waals surface area (Å²) < 4.78 is 10.3. The fraction of sp³-hybridized carbons (Fsp3) is 0.143. The van der Waals surface area contributed by atoms with E-state index < -0.39 is 11.5 Å². The highest BCUT2D eigenvalue weighted by molar-refractivity contribution is 7.99. The zero-order valence-corrected chi connectivity index (χ0v) is 19.2. The first-order chi connectivity index (χ1) is 15.8. The number of nitrogens with two attached hydrogens (primary N) is 1. The molecule has 0 aliphatic rings. The van der Waals surface area contributed by atoms with Gasteiger partial charge in [-0.3, -0.25) is 19.4 Å². The van der Waals surface area contributed by atoms with Crippen LogP contribution in [0.4, 0.5) is 17.2 Å². The number of methoxy groups -OCH3 is 2. The highest BCUT2D eigenvalue weighted by atomic mass is 35.5. The molecule has 0 unspecified atom stereocenters. The number of rotatable bonds is 8. The van der Waals surface area contributed by atoms with Gasteiger partial charge in [0.2, 0.25) is 5.91 Å². The predicted octanol–water partition coefficient (Wildman–Crippen LogP) is 3.01. The van der Waals surface area contributed by atoms with Crippen LogP contribution >= 0.6 is 23.4 Å². The molecule has 0 spiro atoms. The van der Waals surface area contributed by atoms with Gasteiger partial charge in [-0.05, 0) is 36.4 Å². The lowest BCUT2D eigenvalue weighted by atomic mass is 10.2. The minimum absolute atomic E-state index is 0.0355. The van der Waals surface area contributed by atoms with Crippen LogP contribution in [0.3, 0.4) is 0 Å². The molecule has 33 heavy (non-hydrogen) atoms. The van der Waals surface area contributed by atoms with Gasteiger partial charge in [0, 0.05) is 16.3 Å². The first kappa shape index (κ1) is 24.0. The summed E-state index contributed by atoms with van der Waals surface area (Å²) in [5, 5.41) is 5.75. The molecule has 172 valence electrons. The number of H-pyrrole nitrogens is 1. The van der Waals surface area contributed by atoms with Crippen molar-refractivity contribution in [2.45, 2.75) is 5.16 Å². The monoisotopic (exact) mass is 489 g/mol. The second-order valence-corrected chi connectivity index (χ2v) is 7.90. The number of halogens is 1. The van der Waals surface area contributed by atoms with E-state index in [0.717, 1.165) is 11.8 Å². The van der Waals surface area contributed by atoms with Gasteiger partial charge in [-0.2, -0.15) is 0 Å². The van der Waals surface area contributed by atoms with Gasteiger partial charge in [-0.1, -0.05) is 29.4 Å². The van der Waals surface area contributed by atoms with Crippen molar-refractivity contribution in [2.75, 3.05) is 36.3 Å². The smallest absolute Gasteiger partial charge is 0.277 e. The first-order valence-electron chi connectivity index (χ1n) is 9.42. The Kier molecular flexibility index (Phi) is 7.80. The summed E-state index contributed by atoms with van der Waals surface area (Å²) in [4.78, 5) is 43.7. The average Bonchev–Trinajstić information content (AvgIpc) is 2.79. The lowest BCUT2D eigenvalue weighted by Gasteiger charge is -2.11. The number of carbonyl (C=O) groups is 2. The van der Waals surface area contributed by atoms with Crippen molar-refractivity contribution >= 4 is 52.4 Å². The molecule has 0 atom stereocenters. The van der Waals surface area contributed by atoms with Crippen LogP contribution in [-0.2, 0) is 4.79 Å². The van der Waals surface area contributed by atoms with E-state index in [-0.39, 0.29) is 33.9 Å². The Labute approximate surface area is 197 Å². The Hall–Kier alpha value is -3.70. The standard InChI is InChI=1S/C21H20ClN5O5S/c1-31-14-7-6-11(8-15(14)32-2)19(29)25-17-18(23)26-21(27-20(17)30)33-10-16(28)24-13-5-3-4-12(22)9-13/h3-9H,10H2,1-2H3,(H,24,28)(H,25,29)(H3,23,26,27,30). The fourth-order valence-electron chi connectivity index (χ4n) is 2.72. The molecule has 12 heteroatoms. The van der Waals surface area contributed by atoms with Gasteiger partial charge in [0.05, 0.1) is 20.0 Å². The third kappa shape index (κ3) is 6.18. The molecule has 2 amide bonds. The molecule has 0 fully saturated rings. The molecule has 1 aromatic heterocycles. The highest BCUT2D eigenvalue weighted by Gasteiger charge is 2.16. The number of nitrogens with zero attached hydrogens (tertiary/aromatic N) is 1. The van der Waals surface area contributed by atoms with Gasteiger partial charge in [0.1, 0.15) is 5.69 Å². The summed E-state index contributed by atoms with van der Waals surface area (Å²) in [5.41, 5.74) is 5.78. The molecule has 3 rings (SSSR count). The van der Waals surface area contributed by atoms with E-state index in [4.69, 9.17) is 26.8 Å². The Morgan fingerprint density at radius 2 is 1.88 bits per heavy atom. The molecule has 0 radical (unpaired) electrons. The Morgan fingerprint density at radius 1 is 1.12 bits per heavy atom. The SMILES string of the molecule is COc1ccc(C(=O)Nc2c(N)nc(SCC(=O)Nc3cccc(Cl)c3)[nH]c2=O)cc1OC. The number of ether oxygens (including phenoxy) is 2. The number of benzene rings is 2. The van der Waals surface area contributed by atoms with Crippen molar-refractivity contribution < 1.29 is 19.1 Å². The van der Waals surface area contributed by atoms with Gasteiger partial charge in [-0.25, -0.2) is 4.98 Å². The number of nitrogens with one attached hydrogen (secondary N) is 3. The van der Waals surface area contributed by atoms with Crippen molar-refractivity contribution in [1.29, 1.82) is 0 Å². The second kappa shape index (κ2) is 10.7. The summed E-state index contributed by atoms with van der Waals surface area (Å²) in [6.07, 6.45) is 0. The van der Waals surface area contributed by atoms with E-state index in [1.165, 1.54) is 26.4 Å². The summed E-state index contributed by atoms with van der Waals surface area (Å²) in [7, 11) is 2.92. The lowest BCUT2D eigenvalue weighted by Crippen LogP contribution is -2.23. The largest absolute Gasteiger partial charge is 0.493 e. The van der Waals surface area contributed by atoms with Crippen LogP contribution < -0.4 is 31.4 Å². The van der Waals surface area contributed by atoms with E-state index in [2.05, 4.69) is 20.6 Å². The lowest BCUT2D eigenvalue weighted by molar-refractivity contribution is -0.113. The van der Waals surface area contributed by atoms with Crippen LogP contribution in [0, 0.1) is 0 Å². The maximum atomic E-state index is 12.6. The van der Waals surface area contributed by atoms with Crippen LogP contribution in [-0.4, -0.2) is 41.8 Å². The number of nitrogen functional groups attached to an aromatic ring is 1. The van der Waals surface area contributed by atoms with Crippen LogP contribution in [0.2, 0.25) is 5.02 Å². The van der Waals surface area contributed by atoms with E-state index in [1.807, 2.05) is 0 Å². The van der Waals surface area contributed by atoms with Crippen molar-refractivity contribution in [3.63, 3.8) is 0 Å². The average molecular weight is 490 g/mol. The third-order valence-corrected chi connectivity index (χ3v) is 5.37. The van der Waals surface area contributed by atoms with Gasteiger partial charge in [0.15, 0.2) is 22.5 Å². The third-order valence-electron chi connectivity index (χ3n) is 4.26. The molecular formula is C21H20ClN5O5S. The molecular weight excluding hydrogens is 470 g/mol. The van der Waals surface area contributed by atoms with Crippen LogP contribution in [0.5, 0.6) is 11.5 Å². The minimum Gasteiger partial charge on any atom is -0.493 e. The number of aromatic amines is 1. The number of hydrogen-bond acceptors (Lipinski definition) is 8. The number of aromatic nitrogens is 2. The fourth-order valence-corrected chi connectivity index (χ4v) is 3.58. The summed E-state index contributed by atoms with van der Waals surface area (Å²) in [5.74, 6) is -0.329. The molecule has 0 saturated heterocycles. The normalized spacial score (nSPS) is 10.4. The molecule has 0 aliphatic carbocycles. The van der Waals surface area contributed by atoms with E-state index >= 15 is 0 Å². The van der Waals surface area contributed by atoms with E-state index in [1.54, 1.807) is 30.3 Å². The summed E-state index contributed by atoms with van der Waals surface area (Å²) >= 11 is 6.87. The highest BCUT2D eigenvalue weighted by Crippen LogP contribution is 2.28. The molecule has 5 N–H and O–H groups in total. The predicted molar refractivity (Wildman–Crippen MR) is 128 cm³/mol. The zero-order chi connectivity index (χ0) is 24.0. The Bertz CT molecular complexity index is 1250. The Morgan fingerprint density at radius 3 is 2.55 bits per heavy atom. The maximum absolute atomic E-state index is 12.6. The van der Waals surface area contributed by atoms with Crippen molar-refractivity contribution in [3.8, 4) is 11.5 Å². The molecule has 0 saturated carbocycles. The van der Waals surface area contributed by atoms with Gasteiger partial charge >= 0.3 is 0 Å². The molecule has 2 aromatic carbocycles. The van der Waals surface area contributed by atoms with E-state index in [9.17, 15) is 14.4 Å².